The zero-order valence-corrected chi connectivity index (χ0v) is 12.4. The van der Waals surface area contributed by atoms with E-state index in [4.69, 9.17) is 0 Å². The molecule has 0 aliphatic carbocycles. The highest BCUT2D eigenvalue weighted by Crippen LogP contribution is 2.46. The first-order valence-corrected chi connectivity index (χ1v) is 6.24. The molecule has 13 heteroatoms. The van der Waals surface area contributed by atoms with Crippen LogP contribution >= 0.6 is 0 Å². The zero-order chi connectivity index (χ0) is 19.6. The monoisotopic (exact) mass is 387 g/mol. The number of hydrogen-bond donors (Lipinski definition) is 1. The van der Waals surface area contributed by atoms with Crippen molar-refractivity contribution in [1.29, 1.82) is 0 Å². The molecular weight excluding hydrogens is 377 g/mol. The smallest absolute Gasteiger partial charge is 0.405 e. The third kappa shape index (κ3) is 6.76. The van der Waals surface area contributed by atoms with Gasteiger partial charge in [-0.3, -0.25) is 0 Å². The topological polar surface area (TPSA) is 39.7 Å². The average Bonchev–Trinajstić information content (AvgIpc) is 2.36. The van der Waals surface area contributed by atoms with Crippen molar-refractivity contribution < 1.29 is 53.7 Å². The summed E-state index contributed by atoms with van der Waals surface area (Å²) in [6, 6.07) is -0.700. The quantitative estimate of drug-likeness (QED) is 0.746. The van der Waals surface area contributed by atoms with E-state index in [1.165, 1.54) is 0 Å². The van der Waals surface area contributed by atoms with Crippen LogP contribution in [0.4, 0.5) is 39.5 Å². The minimum Gasteiger partial charge on any atom is -0.405 e. The van der Waals surface area contributed by atoms with Gasteiger partial charge in [0.05, 0.1) is 5.56 Å². The SMILES string of the molecule is CNC(C)c1c(OC(F)(F)F)ccc(OC(F)(F)F)c1OC(F)(F)F. The van der Waals surface area contributed by atoms with Crippen LogP contribution in [0.3, 0.4) is 0 Å². The van der Waals surface area contributed by atoms with Gasteiger partial charge in [0, 0.05) is 6.04 Å². The molecule has 1 rings (SSSR count). The third-order valence-electron chi connectivity index (χ3n) is 2.66. The summed E-state index contributed by atoms with van der Waals surface area (Å²) < 4.78 is 122. The van der Waals surface area contributed by atoms with Crippen molar-refractivity contribution in [2.75, 3.05) is 7.05 Å². The molecule has 144 valence electrons. The number of halogens is 9. The molecule has 4 nitrogen and oxygen atoms in total. The lowest BCUT2D eigenvalue weighted by Crippen LogP contribution is -2.25. The van der Waals surface area contributed by atoms with E-state index in [-0.39, 0.29) is 6.07 Å². The van der Waals surface area contributed by atoms with Crippen LogP contribution in [0.25, 0.3) is 0 Å². The Morgan fingerprint density at radius 1 is 0.760 bits per heavy atom. The fourth-order valence-electron chi connectivity index (χ4n) is 1.76. The number of alkyl halides is 9. The molecule has 0 saturated heterocycles. The van der Waals surface area contributed by atoms with E-state index in [0.717, 1.165) is 14.0 Å². The zero-order valence-electron chi connectivity index (χ0n) is 12.4. The van der Waals surface area contributed by atoms with Crippen LogP contribution in [0.2, 0.25) is 0 Å². The van der Waals surface area contributed by atoms with E-state index >= 15 is 0 Å². The maximum atomic E-state index is 12.5. The summed E-state index contributed by atoms with van der Waals surface area (Å²) in [6.07, 6.45) is -16.2. The molecule has 0 aliphatic rings. The molecule has 1 atom stereocenters. The maximum absolute atomic E-state index is 12.5. The van der Waals surface area contributed by atoms with Gasteiger partial charge < -0.3 is 19.5 Å². The van der Waals surface area contributed by atoms with Gasteiger partial charge >= 0.3 is 19.1 Å². The minimum absolute atomic E-state index is 0.224. The molecule has 1 N–H and O–H groups in total. The fourth-order valence-corrected chi connectivity index (χ4v) is 1.76. The van der Waals surface area contributed by atoms with Crippen LogP contribution in [0.15, 0.2) is 12.1 Å². The summed E-state index contributed by atoms with van der Waals surface area (Å²) in [5, 5.41) is 2.29. The van der Waals surface area contributed by atoms with Crippen molar-refractivity contribution in [3.8, 4) is 17.2 Å². The molecule has 0 amide bonds. The average molecular weight is 387 g/mol. The first-order chi connectivity index (χ1) is 11.1. The Kier molecular flexibility index (Phi) is 5.93. The summed E-state index contributed by atoms with van der Waals surface area (Å²) in [6.45, 7) is 1.08. The first kappa shape index (κ1) is 21.0. The highest BCUT2D eigenvalue weighted by molar-refractivity contribution is 5.55. The van der Waals surface area contributed by atoms with Gasteiger partial charge in [0.25, 0.3) is 0 Å². The summed E-state index contributed by atoms with van der Waals surface area (Å²) in [5.74, 6) is -4.26. The molecule has 1 aromatic carbocycles. The van der Waals surface area contributed by atoms with Gasteiger partial charge in [0.2, 0.25) is 0 Å². The molecule has 1 unspecified atom stereocenters. The Morgan fingerprint density at radius 2 is 1.16 bits per heavy atom. The summed E-state index contributed by atoms with van der Waals surface area (Å²) in [5.41, 5.74) is -0.959. The van der Waals surface area contributed by atoms with Crippen LogP contribution in [0.1, 0.15) is 18.5 Å². The molecule has 0 aliphatic heterocycles. The molecule has 0 radical (unpaired) electrons. The fraction of sp³-hybridized carbons (Fsp3) is 0.500. The van der Waals surface area contributed by atoms with Gasteiger partial charge in [-0.25, -0.2) is 0 Å². The van der Waals surface area contributed by atoms with E-state index in [0.29, 0.717) is 6.07 Å². The molecule has 1 aromatic rings. The van der Waals surface area contributed by atoms with Crippen molar-refractivity contribution in [2.45, 2.75) is 32.1 Å². The molecular formula is C12H10F9NO3. The number of nitrogens with one attached hydrogen (secondary N) is 1. The molecule has 0 bridgehead atoms. The third-order valence-corrected chi connectivity index (χ3v) is 2.66. The van der Waals surface area contributed by atoms with E-state index in [2.05, 4.69) is 19.5 Å². The van der Waals surface area contributed by atoms with E-state index in [9.17, 15) is 39.5 Å². The Morgan fingerprint density at radius 3 is 1.56 bits per heavy atom. The molecule has 0 spiro atoms. The Labute approximate surface area is 134 Å². The van der Waals surface area contributed by atoms with Gasteiger partial charge in [0.1, 0.15) is 5.75 Å². The number of benzene rings is 1. The summed E-state index contributed by atoms with van der Waals surface area (Å²) in [7, 11) is 1.15. The lowest BCUT2D eigenvalue weighted by molar-refractivity contribution is -0.288. The standard InChI is InChI=1S/C12H10F9NO3/c1-5(22-2)8-6(23-10(13,14)15)3-4-7(24-11(16,17)18)9(8)25-12(19,20)21/h3-5,22H,1-2H3. The van der Waals surface area contributed by atoms with E-state index in [1.54, 1.807) is 0 Å². The molecule has 25 heavy (non-hydrogen) atoms. The Bertz CT molecular complexity index is 595. The predicted octanol–water partition coefficient (Wildman–Crippen LogP) is 4.66. The van der Waals surface area contributed by atoms with Gasteiger partial charge in [0.15, 0.2) is 11.5 Å². The van der Waals surface area contributed by atoms with E-state index < -0.39 is 47.9 Å². The highest BCUT2D eigenvalue weighted by Gasteiger charge is 2.40. The second-order valence-corrected chi connectivity index (χ2v) is 4.46. The molecule has 0 heterocycles. The second kappa shape index (κ2) is 7.06. The van der Waals surface area contributed by atoms with Crippen LogP contribution in [-0.4, -0.2) is 26.1 Å². The van der Waals surface area contributed by atoms with Crippen LogP contribution < -0.4 is 19.5 Å². The second-order valence-electron chi connectivity index (χ2n) is 4.46. The van der Waals surface area contributed by atoms with Gasteiger partial charge in [-0.2, -0.15) is 0 Å². The van der Waals surface area contributed by atoms with Crippen LogP contribution in [0.5, 0.6) is 17.2 Å². The number of hydrogen-bond acceptors (Lipinski definition) is 4. The van der Waals surface area contributed by atoms with Crippen molar-refractivity contribution in [3.63, 3.8) is 0 Å². The molecule has 0 fully saturated rings. The van der Waals surface area contributed by atoms with Crippen molar-refractivity contribution in [3.05, 3.63) is 17.7 Å². The lowest BCUT2D eigenvalue weighted by atomic mass is 10.1. The minimum atomic E-state index is -5.50. The van der Waals surface area contributed by atoms with E-state index in [1.807, 2.05) is 0 Å². The summed E-state index contributed by atoms with van der Waals surface area (Å²) >= 11 is 0. The Hall–Kier alpha value is -2.05. The molecule has 0 saturated carbocycles. The van der Waals surface area contributed by atoms with Crippen LogP contribution in [-0.2, 0) is 0 Å². The van der Waals surface area contributed by atoms with Crippen molar-refractivity contribution in [1.82, 2.24) is 5.32 Å². The number of rotatable bonds is 5. The predicted molar refractivity (Wildman–Crippen MR) is 64.0 cm³/mol. The van der Waals surface area contributed by atoms with Crippen LogP contribution in [0, 0.1) is 0 Å². The summed E-state index contributed by atoms with van der Waals surface area (Å²) in [4.78, 5) is 0. The number of ether oxygens (including phenoxy) is 3. The molecule has 0 aromatic heterocycles. The lowest BCUT2D eigenvalue weighted by Gasteiger charge is -2.24. The highest BCUT2D eigenvalue weighted by atomic mass is 19.4. The maximum Gasteiger partial charge on any atom is 0.573 e. The van der Waals surface area contributed by atoms with Crippen molar-refractivity contribution >= 4 is 0 Å². The van der Waals surface area contributed by atoms with Gasteiger partial charge in [-0.1, -0.05) is 0 Å². The largest absolute Gasteiger partial charge is 0.573 e. The van der Waals surface area contributed by atoms with Gasteiger partial charge in [-0.15, -0.1) is 39.5 Å². The van der Waals surface area contributed by atoms with Gasteiger partial charge in [-0.05, 0) is 26.1 Å². The normalized spacial score (nSPS) is 14.2. The van der Waals surface area contributed by atoms with Crippen molar-refractivity contribution in [2.24, 2.45) is 0 Å². The Balaban J connectivity index is 3.60. The first-order valence-electron chi connectivity index (χ1n) is 6.24.